The molecule has 6 rings (SSSR count). The van der Waals surface area contributed by atoms with Gasteiger partial charge in [0.1, 0.15) is 30.2 Å². The van der Waals surface area contributed by atoms with Crippen LogP contribution >= 0.6 is 0 Å². The first-order valence-electron chi connectivity index (χ1n) is 22.5. The third-order valence-corrected chi connectivity index (χ3v) is 12.3. The summed E-state index contributed by atoms with van der Waals surface area (Å²) >= 11 is 0. The molecule has 0 aliphatic carbocycles. The van der Waals surface area contributed by atoms with Gasteiger partial charge in [-0.05, 0) is 29.9 Å². The average molecular weight is 981 g/mol. The number of para-hydroxylation sites is 1. The van der Waals surface area contributed by atoms with Gasteiger partial charge in [0, 0.05) is 42.2 Å². The molecule has 1 aromatic heterocycles. The van der Waals surface area contributed by atoms with E-state index in [1.54, 1.807) is 25.1 Å². The number of aromatic nitrogens is 1. The molecule has 21 heteroatoms. The van der Waals surface area contributed by atoms with Crippen LogP contribution in [-0.4, -0.2) is 106 Å². The molecule has 9 atom stereocenters. The van der Waals surface area contributed by atoms with Crippen LogP contribution in [-0.2, 0) is 57.1 Å². The van der Waals surface area contributed by atoms with E-state index in [0.717, 1.165) is 16.6 Å². The first-order valence-corrected chi connectivity index (χ1v) is 22.5. The van der Waals surface area contributed by atoms with Crippen LogP contribution in [0.25, 0.3) is 10.9 Å². The van der Waals surface area contributed by atoms with E-state index in [0.29, 0.717) is 24.1 Å². The van der Waals surface area contributed by atoms with Crippen molar-refractivity contribution >= 4 is 57.9 Å². The second-order valence-electron chi connectivity index (χ2n) is 17.0. The number of H-pyrrole nitrogens is 1. The number of nitrogens with zero attached hydrogens (tertiary/aromatic N) is 2. The van der Waals surface area contributed by atoms with Crippen LogP contribution in [0.4, 0.5) is 5.69 Å². The maximum Gasteiger partial charge on any atom is 2.00 e. The number of hydrogen-bond acceptors (Lipinski definition) is 12. The molecule has 0 bridgehead atoms. The third kappa shape index (κ3) is 14.0. The number of aromatic amines is 1. The summed E-state index contributed by atoms with van der Waals surface area (Å²) in [7, 11) is 0. The van der Waals surface area contributed by atoms with Gasteiger partial charge in [0.15, 0.2) is 0 Å². The minimum atomic E-state index is -1.45. The van der Waals surface area contributed by atoms with Crippen LogP contribution in [0.15, 0.2) is 97.0 Å². The molecule has 0 radical (unpaired) electrons. The molecule has 68 heavy (non-hydrogen) atoms. The molecule has 2 aliphatic heterocycles. The van der Waals surface area contributed by atoms with Crippen molar-refractivity contribution in [3.05, 3.63) is 103 Å². The Labute approximate surface area is 406 Å². The van der Waals surface area contributed by atoms with Crippen LogP contribution in [0.2, 0.25) is 0 Å². The number of likely N-dealkylation sites (tertiary alicyclic amines) is 1. The fourth-order valence-corrected chi connectivity index (χ4v) is 7.86. The van der Waals surface area contributed by atoms with Crippen molar-refractivity contribution in [3.63, 3.8) is 0 Å². The van der Waals surface area contributed by atoms with E-state index < -0.39 is 102 Å². The number of hydrogen-bond donors (Lipinski definition) is 11. The second-order valence-corrected chi connectivity index (χ2v) is 17.0. The van der Waals surface area contributed by atoms with Crippen LogP contribution in [0.3, 0.4) is 0 Å². The van der Waals surface area contributed by atoms with Crippen molar-refractivity contribution in [3.8, 4) is 0 Å². The molecule has 14 N–H and O–H groups in total. The predicted octanol–water partition coefficient (Wildman–Crippen LogP) is 0.132. The van der Waals surface area contributed by atoms with Crippen molar-refractivity contribution in [1.82, 2.24) is 42.1 Å². The van der Waals surface area contributed by atoms with Gasteiger partial charge in [0.2, 0.25) is 41.4 Å². The smallest absolute Gasteiger partial charge is 0.394 e. The monoisotopic (exact) mass is 980 g/mol. The molecule has 3 heterocycles. The summed E-state index contributed by atoms with van der Waals surface area (Å²) in [5.41, 5.74) is 26.2. The molecule has 7 amide bonds. The summed E-state index contributed by atoms with van der Waals surface area (Å²) in [4.78, 5) is 99.1. The van der Waals surface area contributed by atoms with Crippen molar-refractivity contribution in [1.29, 1.82) is 0 Å². The first-order chi connectivity index (χ1) is 32.1. The molecule has 20 nitrogen and oxygen atoms in total. The summed E-state index contributed by atoms with van der Waals surface area (Å²) in [5.74, 6) is -6.69. The van der Waals surface area contributed by atoms with E-state index in [9.17, 15) is 38.7 Å². The zero-order valence-electron chi connectivity index (χ0n) is 38.6. The number of anilines is 1. The SMILES string of the molecule is CC[C@H](C)[C@H](N)C(=O)N[C@@H](CC(N)=O)C(=O)N[C@H](C(=O)N1CC(C2=CN(c3ccc[cH-]3)NN2)C[C@H]1C(=O)N[C@@H](Cc1c[nH]c2ccccc12)C(=O)N[C@@H](CO)C(N)=O)[C@@H](C)CC.[Fe+2].c1cc[cH-]c1. The van der Waals surface area contributed by atoms with Gasteiger partial charge in [-0.15, -0.1) is 11.6 Å². The number of nitrogens with one attached hydrogen (secondary N) is 7. The van der Waals surface area contributed by atoms with Crippen molar-refractivity contribution in [2.45, 2.75) is 96.1 Å². The number of aliphatic hydroxyl groups excluding tert-OH is 1. The predicted molar refractivity (Wildman–Crippen MR) is 251 cm³/mol. The summed E-state index contributed by atoms with van der Waals surface area (Å²) in [6.07, 6.45) is 3.96. The van der Waals surface area contributed by atoms with Crippen LogP contribution < -0.4 is 54.4 Å². The number of carbonyl (C=O) groups excluding carboxylic acids is 7. The number of hydrazine groups is 2. The number of aliphatic hydroxyl groups is 1. The summed E-state index contributed by atoms with van der Waals surface area (Å²) in [5, 5.41) is 22.8. The second kappa shape index (κ2) is 25.6. The number of carbonyl (C=O) groups is 7. The number of benzene rings is 1. The zero-order valence-corrected chi connectivity index (χ0v) is 39.7. The maximum atomic E-state index is 14.9. The summed E-state index contributed by atoms with van der Waals surface area (Å²) < 4.78 is 0. The van der Waals surface area contributed by atoms with Crippen LogP contribution in [0.5, 0.6) is 0 Å². The van der Waals surface area contributed by atoms with E-state index >= 15 is 0 Å². The summed E-state index contributed by atoms with van der Waals surface area (Å²) in [6.45, 7) is 6.42. The number of fused-ring (bicyclic) bond motifs is 1. The van der Waals surface area contributed by atoms with Crippen LogP contribution in [0, 0.1) is 17.8 Å². The molecule has 1 unspecified atom stereocenters. The minimum absolute atomic E-state index is 0. The Balaban J connectivity index is 0.00000157. The topological polar surface area (TPSA) is 312 Å². The quantitative estimate of drug-likeness (QED) is 0.0393. The van der Waals surface area contributed by atoms with Gasteiger partial charge in [0.05, 0.1) is 24.8 Å². The standard InChI is InChI=1S/C42H59N12O8.C5H5.Fe/c1-5-22(3)35(44)41(61)48-30(17-34(43)56)39(59)50-36(23(4)6-2)42(62)53-19-25(31-20-54(52-51-31)26-11-7-8-12-26)16-33(53)40(60)47-29(38(58)49-32(21-55)37(45)57)15-24-18-46-28-14-10-9-13-27(24)28;1-2-4-5-3-1;/h7-14,18,20,22-23,25,29-30,32-33,35-36,46,51-52,55H,5-6,15-17,19,21,44H2,1-4H3,(H2,43,56)(H2,45,57)(H,47,60)(H,48,61)(H,49,58)(H,50,59);1-5H;/q2*-1;+2/t22-,23-,25?,29-,30-,32-,33-,35-,36-;;/m0../s1. The van der Waals surface area contributed by atoms with Crippen molar-refractivity contribution in [2.24, 2.45) is 35.0 Å². The Morgan fingerprint density at radius 1 is 0.838 bits per heavy atom. The van der Waals surface area contributed by atoms with E-state index in [1.807, 2.05) is 98.9 Å². The molecule has 2 aliphatic rings. The zero-order chi connectivity index (χ0) is 48.8. The average Bonchev–Trinajstić information content (AvgIpc) is 4.18. The number of primary amides is 2. The molecule has 0 saturated carbocycles. The van der Waals surface area contributed by atoms with Gasteiger partial charge in [-0.1, -0.05) is 64.4 Å². The van der Waals surface area contributed by atoms with Crippen molar-refractivity contribution in [2.75, 3.05) is 18.2 Å². The van der Waals surface area contributed by atoms with E-state index in [2.05, 4.69) is 37.2 Å². The molecule has 0 spiro atoms. The fraction of sp³-hybridized carbons (Fsp3) is 0.426. The summed E-state index contributed by atoms with van der Waals surface area (Å²) in [6, 6.07) is 17.3. The van der Waals surface area contributed by atoms with E-state index in [-0.39, 0.29) is 42.4 Å². The molecular formula is C47H64FeN12O8. The molecule has 368 valence electrons. The number of amides is 7. The van der Waals surface area contributed by atoms with Gasteiger partial charge in [0.25, 0.3) is 0 Å². The largest absolute Gasteiger partial charge is 2.00 e. The fourth-order valence-electron chi connectivity index (χ4n) is 7.86. The number of nitrogens with two attached hydrogens (primary N) is 3. The Hall–Kier alpha value is -6.51. The van der Waals surface area contributed by atoms with Gasteiger partial charge in [-0.2, -0.15) is 30.3 Å². The Bertz CT molecular complexity index is 2320. The molecule has 3 aromatic carbocycles. The molecule has 1 saturated heterocycles. The maximum absolute atomic E-state index is 14.9. The van der Waals surface area contributed by atoms with E-state index in [4.69, 9.17) is 17.2 Å². The Kier molecular flexibility index (Phi) is 20.3. The van der Waals surface area contributed by atoms with Gasteiger partial charge < -0.3 is 58.9 Å². The number of rotatable bonds is 21. The van der Waals surface area contributed by atoms with Crippen molar-refractivity contribution < 1.29 is 55.7 Å². The van der Waals surface area contributed by atoms with Crippen LogP contribution in [0.1, 0.15) is 58.9 Å². The minimum Gasteiger partial charge on any atom is -0.394 e. The molecular weight excluding hydrogens is 916 g/mol. The Morgan fingerprint density at radius 3 is 2.12 bits per heavy atom. The molecule has 1 fully saturated rings. The first kappa shape index (κ1) is 54.1. The Morgan fingerprint density at radius 2 is 1.51 bits per heavy atom. The van der Waals surface area contributed by atoms with Gasteiger partial charge in [-0.3, -0.25) is 38.6 Å². The normalized spacial score (nSPS) is 18.4. The van der Waals surface area contributed by atoms with Gasteiger partial charge >= 0.3 is 17.1 Å². The van der Waals surface area contributed by atoms with Gasteiger partial charge in [-0.25, -0.2) is 18.2 Å². The third-order valence-electron chi connectivity index (χ3n) is 12.3. The molecule has 4 aromatic rings. The van der Waals surface area contributed by atoms with E-state index in [1.165, 1.54) is 4.90 Å².